The minimum atomic E-state index is -0.441. The van der Waals surface area contributed by atoms with Gasteiger partial charge in [-0.1, -0.05) is 84.0 Å². The summed E-state index contributed by atoms with van der Waals surface area (Å²) in [4.78, 5) is 38.4. The molecule has 0 bridgehead atoms. The Morgan fingerprint density at radius 2 is 1.30 bits per heavy atom. The number of Topliss-reactive ketones (excluding diaryl/α,β-unsaturated/α-hetero) is 1. The fourth-order valence-electron chi connectivity index (χ4n) is 4.80. The predicted octanol–water partition coefficient (Wildman–Crippen LogP) is 9.08. The highest BCUT2D eigenvalue weighted by molar-refractivity contribution is 6.11. The van der Waals surface area contributed by atoms with Gasteiger partial charge in [-0.3, -0.25) is 14.4 Å². The highest BCUT2D eigenvalue weighted by Gasteiger charge is 2.27. The van der Waals surface area contributed by atoms with Gasteiger partial charge in [0.05, 0.1) is 6.42 Å². The topological polar surface area (TPSA) is 93.7 Å². The van der Waals surface area contributed by atoms with Crippen molar-refractivity contribution >= 4 is 29.0 Å². The summed E-state index contributed by atoms with van der Waals surface area (Å²) < 4.78 is 11.8. The third-order valence-electron chi connectivity index (χ3n) is 8.52. The zero-order valence-corrected chi connectivity index (χ0v) is 27.6. The Kier molecular flexibility index (Phi) is 11.0. The van der Waals surface area contributed by atoms with Crippen molar-refractivity contribution in [3.05, 3.63) is 114 Å². The molecule has 7 heteroatoms. The molecule has 0 aliphatic carbocycles. The van der Waals surface area contributed by atoms with Crippen LogP contribution in [0.5, 0.6) is 17.2 Å². The molecule has 0 unspecified atom stereocenters. The molecule has 0 spiro atoms. The van der Waals surface area contributed by atoms with E-state index in [9.17, 15) is 14.4 Å². The number of carbonyl (C=O) groups is 3. The van der Waals surface area contributed by atoms with E-state index in [2.05, 4.69) is 64.3 Å². The van der Waals surface area contributed by atoms with Crippen LogP contribution in [0.1, 0.15) is 82.3 Å². The minimum absolute atomic E-state index is 0.0291. The number of amides is 2. The summed E-state index contributed by atoms with van der Waals surface area (Å²) in [5, 5.41) is 5.56. The molecule has 2 N–H and O–H groups in total. The van der Waals surface area contributed by atoms with Gasteiger partial charge >= 0.3 is 0 Å². The van der Waals surface area contributed by atoms with Crippen molar-refractivity contribution in [2.24, 2.45) is 0 Å². The van der Waals surface area contributed by atoms with Gasteiger partial charge in [-0.05, 0) is 83.8 Å². The molecule has 4 aromatic rings. The van der Waals surface area contributed by atoms with E-state index in [0.717, 1.165) is 18.4 Å². The summed E-state index contributed by atoms with van der Waals surface area (Å²) in [5.74, 6) is 0.872. The van der Waals surface area contributed by atoms with Crippen LogP contribution in [0, 0.1) is 0 Å². The van der Waals surface area contributed by atoms with Gasteiger partial charge in [0.2, 0.25) is 5.91 Å². The van der Waals surface area contributed by atoms with E-state index in [4.69, 9.17) is 9.47 Å². The van der Waals surface area contributed by atoms with Crippen molar-refractivity contribution in [2.75, 3.05) is 17.2 Å². The first-order valence-corrected chi connectivity index (χ1v) is 15.7. The number of anilines is 2. The van der Waals surface area contributed by atoms with E-state index in [1.165, 1.54) is 5.56 Å². The SMILES string of the molecule is CCC(C)(C)c1ccc(OCC(=O)Nc2cccc(C(=O)CC(=O)Nc3ccc(Oc4ccccc4)cc3)c2)c(C(C)(C)CC)c1. The molecule has 0 aliphatic heterocycles. The van der Waals surface area contributed by atoms with Gasteiger partial charge < -0.3 is 20.1 Å². The maximum Gasteiger partial charge on any atom is 0.262 e. The Labute approximate surface area is 272 Å². The first-order chi connectivity index (χ1) is 21.9. The van der Waals surface area contributed by atoms with Crippen molar-refractivity contribution in [1.82, 2.24) is 0 Å². The Hall–Kier alpha value is -4.91. The van der Waals surface area contributed by atoms with Crippen molar-refractivity contribution in [3.8, 4) is 17.2 Å². The van der Waals surface area contributed by atoms with Crippen LogP contribution < -0.4 is 20.1 Å². The molecule has 4 aromatic carbocycles. The molecular weight excluding hydrogens is 576 g/mol. The smallest absolute Gasteiger partial charge is 0.262 e. The van der Waals surface area contributed by atoms with Crippen LogP contribution in [0.2, 0.25) is 0 Å². The third kappa shape index (κ3) is 9.07. The van der Waals surface area contributed by atoms with Crippen LogP contribution in [-0.4, -0.2) is 24.2 Å². The molecule has 46 heavy (non-hydrogen) atoms. The average molecular weight is 621 g/mol. The first kappa shape index (κ1) is 34.0. The van der Waals surface area contributed by atoms with Crippen molar-refractivity contribution in [2.45, 2.75) is 71.6 Å². The highest BCUT2D eigenvalue weighted by Crippen LogP contribution is 2.38. The Morgan fingerprint density at radius 1 is 0.652 bits per heavy atom. The third-order valence-corrected chi connectivity index (χ3v) is 8.52. The molecule has 0 atom stereocenters. The van der Waals surface area contributed by atoms with Crippen LogP contribution in [0.4, 0.5) is 11.4 Å². The minimum Gasteiger partial charge on any atom is -0.483 e. The van der Waals surface area contributed by atoms with E-state index in [0.29, 0.717) is 34.2 Å². The van der Waals surface area contributed by atoms with Crippen LogP contribution in [0.25, 0.3) is 0 Å². The normalized spacial score (nSPS) is 11.4. The molecule has 0 fully saturated rings. The number of carbonyl (C=O) groups excluding carboxylic acids is 3. The number of ether oxygens (including phenoxy) is 2. The monoisotopic (exact) mass is 620 g/mol. The fourth-order valence-corrected chi connectivity index (χ4v) is 4.80. The van der Waals surface area contributed by atoms with E-state index >= 15 is 0 Å². The highest BCUT2D eigenvalue weighted by atomic mass is 16.5. The molecule has 4 rings (SSSR count). The van der Waals surface area contributed by atoms with E-state index in [1.54, 1.807) is 48.5 Å². The Bertz CT molecular complexity index is 1660. The lowest BCUT2D eigenvalue weighted by Crippen LogP contribution is -2.24. The number of rotatable bonds is 14. The summed E-state index contributed by atoms with van der Waals surface area (Å²) in [7, 11) is 0. The van der Waals surface area contributed by atoms with Crippen LogP contribution >= 0.6 is 0 Å². The molecule has 0 radical (unpaired) electrons. The number of hydrogen-bond acceptors (Lipinski definition) is 5. The Balaban J connectivity index is 1.33. The van der Waals surface area contributed by atoms with Crippen molar-refractivity contribution < 1.29 is 23.9 Å². The van der Waals surface area contributed by atoms with E-state index in [-0.39, 0.29) is 35.5 Å². The van der Waals surface area contributed by atoms with Crippen molar-refractivity contribution in [1.29, 1.82) is 0 Å². The standard InChI is InChI=1S/C39H44N2O5/c1-7-38(3,4)28-17-22-35(33(24-28)39(5,6)8-2)45-26-37(44)41-30-14-12-13-27(23-30)34(42)25-36(43)40-29-18-20-32(21-19-29)46-31-15-10-9-11-16-31/h9-24H,7-8,25-26H2,1-6H3,(H,40,43)(H,41,44). The fraction of sp³-hybridized carbons (Fsp3) is 0.308. The molecule has 7 nitrogen and oxygen atoms in total. The molecule has 0 saturated carbocycles. The van der Waals surface area contributed by atoms with Crippen molar-refractivity contribution in [3.63, 3.8) is 0 Å². The van der Waals surface area contributed by atoms with Crippen LogP contribution in [-0.2, 0) is 20.4 Å². The van der Waals surface area contributed by atoms with E-state index in [1.807, 2.05) is 36.4 Å². The van der Waals surface area contributed by atoms with Crippen LogP contribution in [0.3, 0.4) is 0 Å². The largest absolute Gasteiger partial charge is 0.483 e. The zero-order valence-electron chi connectivity index (χ0n) is 27.6. The Morgan fingerprint density at radius 3 is 1.98 bits per heavy atom. The molecule has 2 amide bonds. The van der Waals surface area contributed by atoms with Gasteiger partial charge in [0, 0.05) is 22.5 Å². The average Bonchev–Trinajstić information content (AvgIpc) is 3.05. The maximum absolute atomic E-state index is 12.9. The predicted molar refractivity (Wildman–Crippen MR) is 184 cm³/mol. The molecular formula is C39H44N2O5. The molecule has 0 aromatic heterocycles. The first-order valence-electron chi connectivity index (χ1n) is 15.7. The van der Waals surface area contributed by atoms with Gasteiger partial charge in [-0.25, -0.2) is 0 Å². The van der Waals surface area contributed by atoms with Gasteiger partial charge in [0.1, 0.15) is 17.2 Å². The molecule has 240 valence electrons. The van der Waals surface area contributed by atoms with E-state index < -0.39 is 5.91 Å². The second-order valence-corrected chi connectivity index (χ2v) is 12.7. The summed E-state index contributed by atoms with van der Waals surface area (Å²) in [5.41, 5.74) is 3.53. The maximum atomic E-state index is 12.9. The molecule has 0 saturated heterocycles. The van der Waals surface area contributed by atoms with Gasteiger partial charge in [-0.2, -0.15) is 0 Å². The number of ketones is 1. The molecule has 0 aliphatic rings. The summed E-state index contributed by atoms with van der Waals surface area (Å²) in [6.07, 6.45) is 1.58. The summed E-state index contributed by atoms with van der Waals surface area (Å²) in [6.45, 7) is 13.0. The quantitative estimate of drug-likeness (QED) is 0.108. The van der Waals surface area contributed by atoms with Gasteiger partial charge in [0.15, 0.2) is 12.4 Å². The summed E-state index contributed by atoms with van der Waals surface area (Å²) in [6, 6.07) is 29.1. The number of hydrogen-bond donors (Lipinski definition) is 2. The lowest BCUT2D eigenvalue weighted by atomic mass is 9.76. The lowest BCUT2D eigenvalue weighted by molar-refractivity contribution is -0.118. The van der Waals surface area contributed by atoms with Crippen LogP contribution in [0.15, 0.2) is 97.1 Å². The van der Waals surface area contributed by atoms with Gasteiger partial charge in [0.25, 0.3) is 5.91 Å². The second kappa shape index (κ2) is 14.9. The number of para-hydroxylation sites is 1. The summed E-state index contributed by atoms with van der Waals surface area (Å²) >= 11 is 0. The van der Waals surface area contributed by atoms with Gasteiger partial charge in [-0.15, -0.1) is 0 Å². The zero-order chi connectivity index (χ0) is 33.3. The molecule has 0 heterocycles. The number of benzene rings is 4. The lowest BCUT2D eigenvalue weighted by Gasteiger charge is -2.30. The second-order valence-electron chi connectivity index (χ2n) is 12.7. The number of nitrogens with one attached hydrogen (secondary N) is 2.